The molecule has 1 aliphatic carbocycles. The van der Waals surface area contributed by atoms with E-state index >= 15 is 0 Å². The molecule has 0 heterocycles. The van der Waals surface area contributed by atoms with Crippen molar-refractivity contribution in [1.29, 1.82) is 0 Å². The number of aliphatic hydroxyl groups excluding tert-OH is 1. The summed E-state index contributed by atoms with van der Waals surface area (Å²) in [6.45, 7) is 0. The van der Waals surface area contributed by atoms with Gasteiger partial charge in [-0.05, 0) is 17.6 Å². The summed E-state index contributed by atoms with van der Waals surface area (Å²) < 4.78 is 0. The summed E-state index contributed by atoms with van der Waals surface area (Å²) in [7, 11) is 0. The van der Waals surface area contributed by atoms with E-state index in [1.54, 1.807) is 0 Å². The molecule has 1 aliphatic rings. The lowest BCUT2D eigenvalue weighted by Gasteiger charge is -2.21. The van der Waals surface area contributed by atoms with Crippen molar-refractivity contribution in [3.05, 3.63) is 42.0 Å². The minimum absolute atomic E-state index is 0.225. The Morgan fingerprint density at radius 3 is 2.36 bits per heavy atom. The van der Waals surface area contributed by atoms with Crippen molar-refractivity contribution in [2.75, 3.05) is 0 Å². The molecule has 0 fully saturated rings. The minimum Gasteiger partial charge on any atom is -0.388 e. The average Bonchev–Trinajstić information content (AvgIpc) is 2.04. The van der Waals surface area contributed by atoms with E-state index in [1.807, 2.05) is 30.3 Å². The fourth-order valence-electron chi connectivity index (χ4n) is 1.28. The zero-order chi connectivity index (χ0) is 7.68. The van der Waals surface area contributed by atoms with Crippen LogP contribution in [0.25, 0.3) is 5.57 Å². The van der Waals surface area contributed by atoms with Crippen LogP contribution in [-0.2, 0) is 0 Å². The van der Waals surface area contributed by atoms with Gasteiger partial charge in [-0.15, -0.1) is 0 Å². The van der Waals surface area contributed by atoms with Crippen LogP contribution in [0.4, 0.5) is 0 Å². The lowest BCUT2D eigenvalue weighted by Crippen LogP contribution is -2.16. The van der Waals surface area contributed by atoms with Crippen molar-refractivity contribution in [2.24, 2.45) is 0 Å². The van der Waals surface area contributed by atoms with E-state index in [1.165, 1.54) is 0 Å². The summed E-state index contributed by atoms with van der Waals surface area (Å²) in [6.07, 6.45) is 2.65. The Kier molecular flexibility index (Phi) is 1.51. The van der Waals surface area contributed by atoms with Crippen LogP contribution in [0.1, 0.15) is 12.0 Å². The van der Waals surface area contributed by atoms with Gasteiger partial charge in [-0.1, -0.05) is 36.4 Å². The van der Waals surface area contributed by atoms with Crippen molar-refractivity contribution in [3.8, 4) is 0 Å². The number of benzene rings is 1. The molecule has 11 heavy (non-hydrogen) atoms. The molecule has 0 amide bonds. The maximum Gasteiger partial charge on any atom is 0.0827 e. The maximum absolute atomic E-state index is 9.29. The Bertz CT molecular complexity index is 274. The molecule has 56 valence electrons. The smallest absolute Gasteiger partial charge is 0.0827 e. The van der Waals surface area contributed by atoms with Crippen molar-refractivity contribution < 1.29 is 5.11 Å². The molecule has 2 rings (SSSR count). The van der Waals surface area contributed by atoms with E-state index in [-0.39, 0.29) is 6.10 Å². The Morgan fingerprint density at radius 2 is 1.91 bits per heavy atom. The van der Waals surface area contributed by atoms with Gasteiger partial charge in [-0.25, -0.2) is 0 Å². The highest BCUT2D eigenvalue weighted by Gasteiger charge is 2.18. The number of hydrogen-bond donors (Lipinski definition) is 1. The summed E-state index contributed by atoms with van der Waals surface area (Å²) in [4.78, 5) is 0. The summed E-state index contributed by atoms with van der Waals surface area (Å²) >= 11 is 0. The average molecular weight is 146 g/mol. The SMILES string of the molecule is OC1CC=C1c1ccccc1. The lowest BCUT2D eigenvalue weighted by molar-refractivity contribution is 0.222. The summed E-state index contributed by atoms with van der Waals surface area (Å²) in [5.41, 5.74) is 2.22. The van der Waals surface area contributed by atoms with Crippen LogP contribution in [0.5, 0.6) is 0 Å². The molecular weight excluding hydrogens is 136 g/mol. The van der Waals surface area contributed by atoms with Gasteiger partial charge in [0.2, 0.25) is 0 Å². The maximum atomic E-state index is 9.29. The lowest BCUT2D eigenvalue weighted by atomic mass is 9.89. The Balaban J connectivity index is 2.31. The van der Waals surface area contributed by atoms with Crippen LogP contribution in [0, 0.1) is 0 Å². The highest BCUT2D eigenvalue weighted by molar-refractivity contribution is 5.73. The van der Waals surface area contributed by atoms with E-state index in [9.17, 15) is 5.11 Å². The van der Waals surface area contributed by atoms with Crippen LogP contribution in [0.3, 0.4) is 0 Å². The van der Waals surface area contributed by atoms with Gasteiger partial charge in [-0.3, -0.25) is 0 Å². The third-order valence-electron chi connectivity index (χ3n) is 2.03. The van der Waals surface area contributed by atoms with Crippen molar-refractivity contribution in [2.45, 2.75) is 12.5 Å². The molecule has 0 saturated carbocycles. The van der Waals surface area contributed by atoms with E-state index < -0.39 is 0 Å². The Morgan fingerprint density at radius 1 is 1.18 bits per heavy atom. The van der Waals surface area contributed by atoms with Crippen LogP contribution < -0.4 is 0 Å². The second kappa shape index (κ2) is 2.51. The minimum atomic E-state index is -0.225. The molecule has 0 aromatic heterocycles. The Hall–Kier alpha value is -1.08. The largest absolute Gasteiger partial charge is 0.388 e. The molecule has 1 nitrogen and oxygen atoms in total. The number of rotatable bonds is 1. The van der Waals surface area contributed by atoms with E-state index in [4.69, 9.17) is 0 Å². The highest BCUT2D eigenvalue weighted by atomic mass is 16.3. The molecule has 1 aromatic rings. The third-order valence-corrected chi connectivity index (χ3v) is 2.03. The van der Waals surface area contributed by atoms with Crippen molar-refractivity contribution in [1.82, 2.24) is 0 Å². The van der Waals surface area contributed by atoms with Crippen molar-refractivity contribution in [3.63, 3.8) is 0 Å². The molecule has 0 radical (unpaired) electrons. The molecule has 1 N–H and O–H groups in total. The first-order chi connectivity index (χ1) is 5.38. The predicted molar refractivity (Wildman–Crippen MR) is 45.0 cm³/mol. The van der Waals surface area contributed by atoms with Crippen molar-refractivity contribution >= 4 is 5.57 Å². The van der Waals surface area contributed by atoms with Crippen LogP contribution in [0.2, 0.25) is 0 Å². The number of hydrogen-bond acceptors (Lipinski definition) is 1. The molecule has 1 aromatic carbocycles. The molecule has 1 atom stereocenters. The summed E-state index contributed by atoms with van der Waals surface area (Å²) in [5, 5.41) is 9.29. The fraction of sp³-hybridized carbons (Fsp3) is 0.200. The standard InChI is InChI=1S/C10H10O/c11-10-7-6-9(10)8-4-2-1-3-5-8/h1-6,10-11H,7H2. The topological polar surface area (TPSA) is 20.2 Å². The molecule has 0 saturated heterocycles. The second-order valence-electron chi connectivity index (χ2n) is 2.78. The van der Waals surface area contributed by atoms with Gasteiger partial charge < -0.3 is 5.11 Å². The second-order valence-corrected chi connectivity index (χ2v) is 2.78. The molecule has 0 bridgehead atoms. The predicted octanol–water partition coefficient (Wildman–Crippen LogP) is 1.83. The fourth-order valence-corrected chi connectivity index (χ4v) is 1.28. The normalized spacial score (nSPS) is 22.3. The first-order valence-corrected chi connectivity index (χ1v) is 3.81. The van der Waals surface area contributed by atoms with Crippen LogP contribution >= 0.6 is 0 Å². The van der Waals surface area contributed by atoms with Gasteiger partial charge >= 0.3 is 0 Å². The molecule has 0 aliphatic heterocycles. The quantitative estimate of drug-likeness (QED) is 0.641. The highest BCUT2D eigenvalue weighted by Crippen LogP contribution is 2.28. The molecule has 0 spiro atoms. The molecule has 1 unspecified atom stereocenters. The van der Waals surface area contributed by atoms with E-state index in [0.717, 1.165) is 17.6 Å². The van der Waals surface area contributed by atoms with E-state index in [0.29, 0.717) is 0 Å². The monoisotopic (exact) mass is 146 g/mol. The summed E-state index contributed by atoms with van der Waals surface area (Å²) in [6, 6.07) is 10.00. The van der Waals surface area contributed by atoms with Crippen LogP contribution in [-0.4, -0.2) is 11.2 Å². The zero-order valence-electron chi connectivity index (χ0n) is 6.20. The molecule has 1 heteroatoms. The van der Waals surface area contributed by atoms with Gasteiger partial charge in [0.25, 0.3) is 0 Å². The van der Waals surface area contributed by atoms with Gasteiger partial charge in [0.15, 0.2) is 0 Å². The van der Waals surface area contributed by atoms with Gasteiger partial charge in [0.05, 0.1) is 6.10 Å². The zero-order valence-corrected chi connectivity index (χ0v) is 6.20. The third kappa shape index (κ3) is 1.08. The first-order valence-electron chi connectivity index (χ1n) is 3.81. The van der Waals surface area contributed by atoms with Gasteiger partial charge in [-0.2, -0.15) is 0 Å². The summed E-state index contributed by atoms with van der Waals surface area (Å²) in [5.74, 6) is 0. The van der Waals surface area contributed by atoms with E-state index in [2.05, 4.69) is 6.08 Å². The Labute approximate surface area is 66.0 Å². The first kappa shape index (κ1) is 6.62. The van der Waals surface area contributed by atoms with Crippen LogP contribution in [0.15, 0.2) is 36.4 Å². The number of aliphatic hydroxyl groups is 1. The van der Waals surface area contributed by atoms with Gasteiger partial charge in [0, 0.05) is 0 Å². The van der Waals surface area contributed by atoms with Gasteiger partial charge in [0.1, 0.15) is 0 Å². The molecular formula is C10H10O.